The molecule has 0 saturated heterocycles. The number of hydrogen-bond acceptors (Lipinski definition) is 4. The lowest BCUT2D eigenvalue weighted by molar-refractivity contribution is 0.252. The Bertz CT molecular complexity index is 586. The summed E-state index contributed by atoms with van der Waals surface area (Å²) in [6.45, 7) is 5.94. The van der Waals surface area contributed by atoms with Gasteiger partial charge in [0.1, 0.15) is 5.82 Å². The van der Waals surface area contributed by atoms with Gasteiger partial charge >= 0.3 is 0 Å². The Morgan fingerprint density at radius 1 is 1.40 bits per heavy atom. The molecule has 4 nitrogen and oxygen atoms in total. The van der Waals surface area contributed by atoms with Gasteiger partial charge in [-0.25, -0.2) is 4.39 Å². The average molecular weight is 298 g/mol. The highest BCUT2D eigenvalue weighted by Crippen LogP contribution is 2.29. The van der Waals surface area contributed by atoms with Gasteiger partial charge in [0.15, 0.2) is 5.82 Å². The van der Waals surface area contributed by atoms with Crippen molar-refractivity contribution >= 4 is 11.6 Å². The monoisotopic (exact) mass is 297 g/mol. The molecule has 2 rings (SSSR count). The van der Waals surface area contributed by atoms with E-state index in [0.717, 1.165) is 0 Å². The topological polar surface area (TPSA) is 64.9 Å². The Kier molecular flexibility index (Phi) is 4.11. The van der Waals surface area contributed by atoms with Crippen molar-refractivity contribution < 1.29 is 8.91 Å². The first kappa shape index (κ1) is 14.9. The summed E-state index contributed by atoms with van der Waals surface area (Å²) in [5, 5.41) is 4.18. The summed E-state index contributed by atoms with van der Waals surface area (Å²) in [6.07, 6.45) is 0.172. The number of benzene rings is 1. The maximum Gasteiger partial charge on any atom is 0.244 e. The molecule has 1 unspecified atom stereocenters. The van der Waals surface area contributed by atoms with Gasteiger partial charge in [0.25, 0.3) is 0 Å². The van der Waals surface area contributed by atoms with Crippen molar-refractivity contribution in [2.45, 2.75) is 33.2 Å². The van der Waals surface area contributed by atoms with E-state index < -0.39 is 0 Å². The van der Waals surface area contributed by atoms with E-state index in [4.69, 9.17) is 21.9 Å². The van der Waals surface area contributed by atoms with Crippen LogP contribution < -0.4 is 5.73 Å². The molecule has 0 aliphatic rings. The van der Waals surface area contributed by atoms with Crippen LogP contribution in [0.5, 0.6) is 0 Å². The molecule has 20 heavy (non-hydrogen) atoms. The lowest BCUT2D eigenvalue weighted by Crippen LogP contribution is -2.26. The summed E-state index contributed by atoms with van der Waals surface area (Å²) in [6, 6.07) is 4.16. The van der Waals surface area contributed by atoms with Crippen molar-refractivity contribution in [2.75, 3.05) is 0 Å². The van der Waals surface area contributed by atoms with E-state index in [2.05, 4.69) is 10.1 Å². The molecule has 1 aromatic heterocycles. The zero-order chi connectivity index (χ0) is 14.9. The van der Waals surface area contributed by atoms with Crippen LogP contribution in [0.4, 0.5) is 4.39 Å². The molecule has 0 aliphatic carbocycles. The molecule has 1 heterocycles. The van der Waals surface area contributed by atoms with Crippen molar-refractivity contribution in [3.63, 3.8) is 0 Å². The largest absolute Gasteiger partial charge is 0.338 e. The number of halogens is 2. The molecule has 0 fully saturated rings. The second-order valence-corrected chi connectivity index (χ2v) is 6.18. The summed E-state index contributed by atoms with van der Waals surface area (Å²) in [5.41, 5.74) is 6.20. The quantitative estimate of drug-likeness (QED) is 0.941. The Morgan fingerprint density at radius 3 is 2.70 bits per heavy atom. The summed E-state index contributed by atoms with van der Waals surface area (Å²) in [4.78, 5) is 4.23. The molecule has 0 bridgehead atoms. The third-order valence-corrected chi connectivity index (χ3v) is 3.43. The van der Waals surface area contributed by atoms with E-state index in [-0.39, 0.29) is 23.7 Å². The molecular weight excluding hydrogens is 281 g/mol. The van der Waals surface area contributed by atoms with Gasteiger partial charge in [-0.05, 0) is 17.5 Å². The Balaban J connectivity index is 2.22. The molecule has 2 N–H and O–H groups in total. The summed E-state index contributed by atoms with van der Waals surface area (Å²) in [7, 11) is 0. The van der Waals surface area contributed by atoms with Crippen LogP contribution in [0.2, 0.25) is 5.02 Å². The standard InChI is InChI=1S/C14H17ClFN3O/c1-14(2,3)12(17)13-18-11(19-20-13)7-8-9(15)5-4-6-10(8)16/h4-6,12H,7,17H2,1-3H3. The first-order valence-corrected chi connectivity index (χ1v) is 6.68. The molecule has 1 aromatic carbocycles. The first-order valence-electron chi connectivity index (χ1n) is 6.30. The van der Waals surface area contributed by atoms with E-state index >= 15 is 0 Å². The van der Waals surface area contributed by atoms with Gasteiger partial charge in [0.2, 0.25) is 5.89 Å². The van der Waals surface area contributed by atoms with Gasteiger partial charge in [-0.1, -0.05) is 43.6 Å². The maximum atomic E-state index is 13.7. The van der Waals surface area contributed by atoms with Crippen LogP contribution in [-0.2, 0) is 6.42 Å². The zero-order valence-corrected chi connectivity index (χ0v) is 12.4. The van der Waals surface area contributed by atoms with Gasteiger partial charge < -0.3 is 10.3 Å². The fourth-order valence-electron chi connectivity index (χ4n) is 1.70. The Labute approximate surface area is 122 Å². The molecule has 0 saturated carbocycles. The molecule has 2 aromatic rings. The summed E-state index contributed by atoms with van der Waals surface area (Å²) >= 11 is 5.97. The molecule has 0 aliphatic heterocycles. The summed E-state index contributed by atoms with van der Waals surface area (Å²) in [5.74, 6) is 0.329. The third-order valence-electron chi connectivity index (χ3n) is 3.08. The molecule has 0 spiro atoms. The average Bonchev–Trinajstić information content (AvgIpc) is 2.80. The Hall–Kier alpha value is -1.46. The molecule has 0 amide bonds. The highest BCUT2D eigenvalue weighted by Gasteiger charge is 2.27. The lowest BCUT2D eigenvalue weighted by Gasteiger charge is -2.23. The van der Waals surface area contributed by atoms with Crippen LogP contribution in [0, 0.1) is 11.2 Å². The van der Waals surface area contributed by atoms with Crippen LogP contribution in [0.15, 0.2) is 22.7 Å². The SMILES string of the molecule is CC(C)(C)C(N)c1nc(Cc2c(F)cccc2Cl)no1. The maximum absolute atomic E-state index is 13.7. The van der Waals surface area contributed by atoms with Crippen molar-refractivity contribution in [1.82, 2.24) is 10.1 Å². The highest BCUT2D eigenvalue weighted by molar-refractivity contribution is 6.31. The zero-order valence-electron chi connectivity index (χ0n) is 11.7. The second kappa shape index (κ2) is 5.50. The van der Waals surface area contributed by atoms with E-state index in [1.54, 1.807) is 12.1 Å². The fraction of sp³-hybridized carbons (Fsp3) is 0.429. The predicted octanol–water partition coefficient (Wildman–Crippen LogP) is 3.50. The van der Waals surface area contributed by atoms with Crippen LogP contribution in [0.3, 0.4) is 0 Å². The van der Waals surface area contributed by atoms with Crippen molar-refractivity contribution in [3.05, 3.63) is 46.3 Å². The minimum Gasteiger partial charge on any atom is -0.338 e. The Morgan fingerprint density at radius 2 is 2.10 bits per heavy atom. The number of hydrogen-bond donors (Lipinski definition) is 1. The number of nitrogens with two attached hydrogens (primary N) is 1. The van der Waals surface area contributed by atoms with Gasteiger partial charge in [-0.15, -0.1) is 0 Å². The number of nitrogens with zero attached hydrogens (tertiary/aromatic N) is 2. The van der Waals surface area contributed by atoms with Crippen molar-refractivity contribution in [1.29, 1.82) is 0 Å². The molecule has 0 radical (unpaired) electrons. The van der Waals surface area contributed by atoms with E-state index in [1.165, 1.54) is 6.07 Å². The van der Waals surface area contributed by atoms with Crippen molar-refractivity contribution in [2.24, 2.45) is 11.1 Å². The van der Waals surface area contributed by atoms with Crippen LogP contribution >= 0.6 is 11.6 Å². The first-order chi connectivity index (χ1) is 9.29. The van der Waals surface area contributed by atoms with Crippen LogP contribution in [0.25, 0.3) is 0 Å². The van der Waals surface area contributed by atoms with Gasteiger partial charge in [0, 0.05) is 17.0 Å². The van der Waals surface area contributed by atoms with Crippen LogP contribution in [0.1, 0.15) is 44.1 Å². The normalized spacial score (nSPS) is 13.5. The smallest absolute Gasteiger partial charge is 0.244 e. The fourth-order valence-corrected chi connectivity index (χ4v) is 1.93. The number of aromatic nitrogens is 2. The third kappa shape index (κ3) is 3.16. The molecule has 108 valence electrons. The van der Waals surface area contributed by atoms with E-state index in [0.29, 0.717) is 22.3 Å². The molecule has 1 atom stereocenters. The minimum absolute atomic E-state index is 0.172. The molecular formula is C14H17ClFN3O. The lowest BCUT2D eigenvalue weighted by atomic mass is 9.87. The minimum atomic E-state index is -0.385. The summed E-state index contributed by atoms with van der Waals surface area (Å²) < 4.78 is 18.8. The van der Waals surface area contributed by atoms with E-state index in [9.17, 15) is 4.39 Å². The second-order valence-electron chi connectivity index (χ2n) is 5.77. The number of rotatable bonds is 3. The van der Waals surface area contributed by atoms with E-state index in [1.807, 2.05) is 20.8 Å². The van der Waals surface area contributed by atoms with Gasteiger partial charge in [0.05, 0.1) is 6.04 Å². The molecule has 6 heteroatoms. The van der Waals surface area contributed by atoms with Gasteiger partial charge in [-0.3, -0.25) is 0 Å². The van der Waals surface area contributed by atoms with Crippen LogP contribution in [-0.4, -0.2) is 10.1 Å². The van der Waals surface area contributed by atoms with Gasteiger partial charge in [-0.2, -0.15) is 4.98 Å². The predicted molar refractivity (Wildman–Crippen MR) is 74.9 cm³/mol. The van der Waals surface area contributed by atoms with Crippen molar-refractivity contribution in [3.8, 4) is 0 Å². The highest BCUT2D eigenvalue weighted by atomic mass is 35.5.